The Balaban J connectivity index is 2.08. The average molecular weight is 220 g/mol. The Labute approximate surface area is 92.2 Å². The fourth-order valence-electron chi connectivity index (χ4n) is 1.23. The number of nitrogen functional groups attached to an aromatic ring is 1. The van der Waals surface area contributed by atoms with E-state index in [0.717, 1.165) is 17.9 Å². The van der Waals surface area contributed by atoms with Gasteiger partial charge >= 0.3 is 0 Å². The van der Waals surface area contributed by atoms with Gasteiger partial charge in [-0.3, -0.25) is 0 Å². The number of hydrogen-bond acceptors (Lipinski definition) is 5. The predicted molar refractivity (Wildman–Crippen MR) is 62.8 cm³/mol. The van der Waals surface area contributed by atoms with E-state index < -0.39 is 0 Å². The summed E-state index contributed by atoms with van der Waals surface area (Å²) in [6, 6.07) is 4.11. The smallest absolute Gasteiger partial charge is 0.134 e. The van der Waals surface area contributed by atoms with Gasteiger partial charge in [-0.1, -0.05) is 6.07 Å². The molecular weight excluding hydrogens is 208 g/mol. The Hall–Kier alpha value is -1.62. The molecular formula is C10H12N4S. The van der Waals surface area contributed by atoms with E-state index >= 15 is 0 Å². The number of nitrogens with two attached hydrogens (primary N) is 1. The van der Waals surface area contributed by atoms with Crippen molar-refractivity contribution in [3.05, 3.63) is 34.3 Å². The summed E-state index contributed by atoms with van der Waals surface area (Å²) < 4.78 is 0. The standard InChI is InChI=1S/C10H12N4S/c1-7-9(11)13-6-14-10(7)12-5-8-3-2-4-15-8/h2-4,6H,5H2,1H3,(H3,11,12,13,14). The van der Waals surface area contributed by atoms with Crippen LogP contribution in [0.3, 0.4) is 0 Å². The van der Waals surface area contributed by atoms with E-state index in [-0.39, 0.29) is 0 Å². The number of nitrogens with zero attached hydrogens (tertiary/aromatic N) is 2. The topological polar surface area (TPSA) is 63.8 Å². The lowest BCUT2D eigenvalue weighted by Gasteiger charge is -2.07. The maximum Gasteiger partial charge on any atom is 0.134 e. The predicted octanol–water partition coefficient (Wildman–Crippen LogP) is 2.04. The van der Waals surface area contributed by atoms with Gasteiger partial charge in [0.25, 0.3) is 0 Å². The summed E-state index contributed by atoms with van der Waals surface area (Å²) in [6.07, 6.45) is 1.47. The molecule has 0 aliphatic heterocycles. The van der Waals surface area contributed by atoms with Gasteiger partial charge in [-0.25, -0.2) is 9.97 Å². The zero-order valence-electron chi connectivity index (χ0n) is 8.40. The molecule has 0 bridgehead atoms. The van der Waals surface area contributed by atoms with E-state index in [1.165, 1.54) is 11.2 Å². The molecule has 2 aromatic heterocycles. The molecule has 3 N–H and O–H groups in total. The van der Waals surface area contributed by atoms with E-state index in [2.05, 4.69) is 26.7 Å². The van der Waals surface area contributed by atoms with Gasteiger partial charge in [0.15, 0.2) is 0 Å². The first-order valence-corrected chi connectivity index (χ1v) is 5.48. The minimum absolute atomic E-state index is 0.527. The van der Waals surface area contributed by atoms with Crippen LogP contribution in [0.5, 0.6) is 0 Å². The molecule has 0 atom stereocenters. The SMILES string of the molecule is Cc1c(N)ncnc1NCc1cccs1. The van der Waals surface area contributed by atoms with E-state index in [9.17, 15) is 0 Å². The van der Waals surface area contributed by atoms with Crippen LogP contribution in [0.25, 0.3) is 0 Å². The van der Waals surface area contributed by atoms with Gasteiger partial charge in [-0.05, 0) is 18.4 Å². The molecule has 0 fully saturated rings. The second-order valence-electron chi connectivity index (χ2n) is 3.17. The molecule has 0 saturated heterocycles. The van der Waals surface area contributed by atoms with Crippen molar-refractivity contribution < 1.29 is 0 Å². The van der Waals surface area contributed by atoms with Crippen molar-refractivity contribution in [1.29, 1.82) is 0 Å². The van der Waals surface area contributed by atoms with E-state index in [1.807, 2.05) is 13.0 Å². The van der Waals surface area contributed by atoms with Crippen LogP contribution in [0.4, 0.5) is 11.6 Å². The van der Waals surface area contributed by atoms with Gasteiger partial charge in [0, 0.05) is 10.4 Å². The summed E-state index contributed by atoms with van der Waals surface area (Å²) in [7, 11) is 0. The minimum atomic E-state index is 0.527. The quantitative estimate of drug-likeness (QED) is 0.830. The van der Waals surface area contributed by atoms with Crippen LogP contribution in [0, 0.1) is 6.92 Å². The number of aromatic nitrogens is 2. The molecule has 15 heavy (non-hydrogen) atoms. The highest BCUT2D eigenvalue weighted by molar-refractivity contribution is 7.09. The van der Waals surface area contributed by atoms with Crippen molar-refractivity contribution in [1.82, 2.24) is 9.97 Å². The fraction of sp³-hybridized carbons (Fsp3) is 0.200. The first-order valence-electron chi connectivity index (χ1n) is 4.60. The zero-order chi connectivity index (χ0) is 10.7. The lowest BCUT2D eigenvalue weighted by atomic mass is 10.3. The minimum Gasteiger partial charge on any atom is -0.383 e. The molecule has 5 heteroatoms. The maximum absolute atomic E-state index is 5.68. The highest BCUT2D eigenvalue weighted by Gasteiger charge is 2.03. The highest BCUT2D eigenvalue weighted by atomic mass is 32.1. The summed E-state index contributed by atoms with van der Waals surface area (Å²) >= 11 is 1.72. The monoisotopic (exact) mass is 220 g/mol. The summed E-state index contributed by atoms with van der Waals surface area (Å²) in [5.74, 6) is 1.33. The van der Waals surface area contributed by atoms with Gasteiger partial charge < -0.3 is 11.1 Å². The molecule has 2 rings (SSSR count). The molecule has 0 spiro atoms. The molecule has 0 unspecified atom stereocenters. The fourth-order valence-corrected chi connectivity index (χ4v) is 1.87. The Morgan fingerprint density at radius 1 is 1.47 bits per heavy atom. The molecule has 0 radical (unpaired) electrons. The van der Waals surface area contributed by atoms with Crippen molar-refractivity contribution in [3.63, 3.8) is 0 Å². The van der Waals surface area contributed by atoms with Crippen LogP contribution in [0.1, 0.15) is 10.4 Å². The Morgan fingerprint density at radius 3 is 3.07 bits per heavy atom. The summed E-state index contributed by atoms with van der Waals surface area (Å²) in [4.78, 5) is 9.32. The average Bonchev–Trinajstić information content (AvgIpc) is 2.73. The lowest BCUT2D eigenvalue weighted by Crippen LogP contribution is -2.05. The van der Waals surface area contributed by atoms with Crippen LogP contribution in [0.15, 0.2) is 23.8 Å². The van der Waals surface area contributed by atoms with E-state index in [0.29, 0.717) is 5.82 Å². The molecule has 78 valence electrons. The molecule has 0 amide bonds. The van der Waals surface area contributed by atoms with Crippen LogP contribution in [-0.2, 0) is 6.54 Å². The first kappa shape index (κ1) is 9.92. The van der Waals surface area contributed by atoms with Gasteiger partial charge in [0.2, 0.25) is 0 Å². The van der Waals surface area contributed by atoms with Crippen LogP contribution < -0.4 is 11.1 Å². The maximum atomic E-state index is 5.68. The van der Waals surface area contributed by atoms with Gasteiger partial charge in [-0.15, -0.1) is 11.3 Å². The largest absolute Gasteiger partial charge is 0.383 e. The summed E-state index contributed by atoms with van der Waals surface area (Å²) in [5, 5.41) is 5.29. The number of thiophene rings is 1. The second kappa shape index (κ2) is 4.27. The number of rotatable bonds is 3. The summed E-state index contributed by atoms with van der Waals surface area (Å²) in [6.45, 7) is 2.68. The summed E-state index contributed by atoms with van der Waals surface area (Å²) in [5.41, 5.74) is 6.58. The number of hydrogen-bond donors (Lipinski definition) is 2. The molecule has 0 saturated carbocycles. The van der Waals surface area contributed by atoms with E-state index in [4.69, 9.17) is 5.73 Å². The zero-order valence-corrected chi connectivity index (χ0v) is 9.21. The normalized spacial score (nSPS) is 10.2. The molecule has 0 aromatic carbocycles. The van der Waals surface area contributed by atoms with Gasteiger partial charge in [0.05, 0.1) is 6.54 Å². The number of nitrogens with one attached hydrogen (secondary N) is 1. The third-order valence-electron chi connectivity index (χ3n) is 2.13. The van der Waals surface area contributed by atoms with Crippen molar-refractivity contribution in [2.24, 2.45) is 0 Å². The van der Waals surface area contributed by atoms with Crippen LogP contribution in [-0.4, -0.2) is 9.97 Å². The second-order valence-corrected chi connectivity index (χ2v) is 4.20. The third-order valence-corrected chi connectivity index (χ3v) is 3.01. The Bertz CT molecular complexity index is 439. The van der Waals surface area contributed by atoms with E-state index in [1.54, 1.807) is 11.3 Å². The molecule has 0 aliphatic carbocycles. The van der Waals surface area contributed by atoms with Gasteiger partial charge in [0.1, 0.15) is 18.0 Å². The highest BCUT2D eigenvalue weighted by Crippen LogP contribution is 2.17. The Morgan fingerprint density at radius 2 is 2.33 bits per heavy atom. The molecule has 0 aliphatic rings. The van der Waals surface area contributed by atoms with Crippen molar-refractivity contribution in [2.45, 2.75) is 13.5 Å². The molecule has 4 nitrogen and oxygen atoms in total. The van der Waals surface area contributed by atoms with Crippen LogP contribution in [0.2, 0.25) is 0 Å². The molecule has 2 heterocycles. The van der Waals surface area contributed by atoms with Crippen molar-refractivity contribution in [2.75, 3.05) is 11.1 Å². The first-order chi connectivity index (χ1) is 7.27. The van der Waals surface area contributed by atoms with Gasteiger partial charge in [-0.2, -0.15) is 0 Å². The molecule has 2 aromatic rings. The Kier molecular flexibility index (Phi) is 2.82. The van der Waals surface area contributed by atoms with Crippen LogP contribution >= 0.6 is 11.3 Å². The number of anilines is 2. The third kappa shape index (κ3) is 2.24. The lowest BCUT2D eigenvalue weighted by molar-refractivity contribution is 1.08. The van der Waals surface area contributed by atoms with Crippen molar-refractivity contribution >= 4 is 23.0 Å². The van der Waals surface area contributed by atoms with Crippen molar-refractivity contribution in [3.8, 4) is 0 Å².